The molecule has 0 aliphatic carbocycles. The summed E-state index contributed by atoms with van der Waals surface area (Å²) < 4.78 is 43.2. The van der Waals surface area contributed by atoms with Gasteiger partial charge in [0.1, 0.15) is 11.5 Å². The van der Waals surface area contributed by atoms with Crippen LogP contribution in [0.4, 0.5) is 13.2 Å². The van der Waals surface area contributed by atoms with Gasteiger partial charge < -0.3 is 4.52 Å². The van der Waals surface area contributed by atoms with E-state index in [4.69, 9.17) is 4.52 Å². The maximum absolute atomic E-state index is 12.6. The molecule has 0 saturated heterocycles. The lowest BCUT2D eigenvalue weighted by atomic mass is 10.4. The molecule has 18 heavy (non-hydrogen) atoms. The fourth-order valence-corrected chi connectivity index (χ4v) is 2.16. The first-order valence-corrected chi connectivity index (χ1v) is 5.50. The third-order valence-corrected chi connectivity index (χ3v) is 3.01. The van der Waals surface area contributed by atoms with Gasteiger partial charge in [0.15, 0.2) is 5.01 Å². The Balaban J connectivity index is 2.15. The van der Waals surface area contributed by atoms with Gasteiger partial charge in [-0.25, -0.2) is 0 Å². The molecule has 0 fully saturated rings. The Morgan fingerprint density at radius 2 is 2.11 bits per heavy atom. The van der Waals surface area contributed by atoms with Gasteiger partial charge in [0, 0.05) is 6.07 Å². The summed E-state index contributed by atoms with van der Waals surface area (Å²) in [5.74, 6) is -0.604. The van der Waals surface area contributed by atoms with Gasteiger partial charge in [-0.2, -0.15) is 22.8 Å². The van der Waals surface area contributed by atoms with E-state index in [0.29, 0.717) is 21.0 Å². The lowest BCUT2D eigenvalue weighted by Gasteiger charge is -1.99. The van der Waals surface area contributed by atoms with E-state index < -0.39 is 12.0 Å². The molecule has 3 aromatic rings. The smallest absolute Gasteiger partial charge is 0.361 e. The van der Waals surface area contributed by atoms with Crippen LogP contribution in [-0.4, -0.2) is 25.0 Å². The van der Waals surface area contributed by atoms with Crippen LogP contribution in [0.1, 0.15) is 11.6 Å². The zero-order chi connectivity index (χ0) is 12.9. The zero-order valence-electron chi connectivity index (χ0n) is 8.76. The molecular formula is C8H4F3N5OS. The van der Waals surface area contributed by atoms with Crippen molar-refractivity contribution < 1.29 is 17.7 Å². The van der Waals surface area contributed by atoms with Crippen molar-refractivity contribution in [1.29, 1.82) is 0 Å². The highest BCUT2D eigenvalue weighted by atomic mass is 32.1. The van der Waals surface area contributed by atoms with E-state index in [1.165, 1.54) is 0 Å². The van der Waals surface area contributed by atoms with Gasteiger partial charge in [-0.05, 0) is 6.92 Å². The van der Waals surface area contributed by atoms with Gasteiger partial charge in [0.05, 0.1) is 0 Å². The van der Waals surface area contributed by atoms with E-state index in [1.807, 2.05) is 0 Å². The van der Waals surface area contributed by atoms with Crippen molar-refractivity contribution >= 4 is 16.3 Å². The number of alkyl halides is 3. The summed E-state index contributed by atoms with van der Waals surface area (Å²) in [6.45, 7) is 1.68. The number of hydrogen-bond acceptors (Lipinski definition) is 6. The number of rotatable bonds is 1. The van der Waals surface area contributed by atoms with Gasteiger partial charge in [0.25, 0.3) is 5.82 Å². The SMILES string of the molecule is Cc1cc(-c2nn3c(C(F)(F)F)nnc3s2)no1. The molecule has 0 N–H and O–H groups in total. The summed E-state index contributed by atoms with van der Waals surface area (Å²) in [6, 6.07) is 1.58. The van der Waals surface area contributed by atoms with Crippen molar-refractivity contribution in [3.63, 3.8) is 0 Å². The van der Waals surface area contributed by atoms with Crippen molar-refractivity contribution in [2.24, 2.45) is 0 Å². The first-order valence-electron chi connectivity index (χ1n) is 4.68. The Hall–Kier alpha value is -1.97. The monoisotopic (exact) mass is 275 g/mol. The van der Waals surface area contributed by atoms with Crippen molar-refractivity contribution in [1.82, 2.24) is 25.0 Å². The standard InChI is InChI=1S/C8H4F3N5OS/c1-3-2-4(15-17-3)5-14-16-6(8(9,10)11)12-13-7(16)18-5/h2H,1H3. The molecule has 0 aliphatic heterocycles. The molecule has 0 aliphatic rings. The molecule has 94 valence electrons. The van der Waals surface area contributed by atoms with Gasteiger partial charge in [0.2, 0.25) is 4.96 Å². The van der Waals surface area contributed by atoms with E-state index in [2.05, 4.69) is 20.5 Å². The lowest BCUT2D eigenvalue weighted by Crippen LogP contribution is -2.11. The van der Waals surface area contributed by atoms with Crippen LogP contribution in [0.15, 0.2) is 10.6 Å². The molecule has 0 unspecified atom stereocenters. The third kappa shape index (κ3) is 1.65. The number of halogens is 3. The first kappa shape index (κ1) is 11.1. The minimum absolute atomic E-state index is 0.0537. The van der Waals surface area contributed by atoms with Crippen LogP contribution >= 0.6 is 11.3 Å². The molecule has 0 saturated carbocycles. The summed E-state index contributed by atoms with van der Waals surface area (Å²) in [7, 11) is 0. The quantitative estimate of drug-likeness (QED) is 0.680. The van der Waals surface area contributed by atoms with E-state index in [1.54, 1.807) is 13.0 Å². The van der Waals surface area contributed by atoms with Crippen molar-refractivity contribution in [3.8, 4) is 10.7 Å². The zero-order valence-corrected chi connectivity index (χ0v) is 9.58. The Morgan fingerprint density at radius 1 is 1.33 bits per heavy atom. The van der Waals surface area contributed by atoms with Crippen LogP contribution in [0.5, 0.6) is 0 Å². The maximum atomic E-state index is 12.6. The molecule has 0 bridgehead atoms. The van der Waals surface area contributed by atoms with Crippen LogP contribution in [0.25, 0.3) is 15.7 Å². The second-order valence-corrected chi connectivity index (χ2v) is 4.40. The normalized spacial score (nSPS) is 12.4. The predicted molar refractivity (Wildman–Crippen MR) is 53.9 cm³/mol. The maximum Gasteiger partial charge on any atom is 0.453 e. The fourth-order valence-electron chi connectivity index (χ4n) is 1.36. The molecule has 3 heterocycles. The highest BCUT2D eigenvalue weighted by Crippen LogP contribution is 2.31. The molecule has 0 aromatic carbocycles. The predicted octanol–water partition coefficient (Wildman–Crippen LogP) is 2.17. The van der Waals surface area contributed by atoms with Crippen LogP contribution in [0, 0.1) is 6.92 Å². The van der Waals surface area contributed by atoms with Gasteiger partial charge >= 0.3 is 6.18 Å². The minimum atomic E-state index is -4.59. The molecule has 6 nitrogen and oxygen atoms in total. The minimum Gasteiger partial charge on any atom is -0.361 e. The van der Waals surface area contributed by atoms with E-state index in [9.17, 15) is 13.2 Å². The largest absolute Gasteiger partial charge is 0.453 e. The summed E-state index contributed by atoms with van der Waals surface area (Å²) in [4.78, 5) is 0.0537. The molecule has 0 atom stereocenters. The van der Waals surface area contributed by atoms with Crippen molar-refractivity contribution in [2.45, 2.75) is 13.1 Å². The molecule has 3 aromatic heterocycles. The number of aromatic nitrogens is 5. The first-order chi connectivity index (χ1) is 8.45. The fraction of sp³-hybridized carbons (Fsp3) is 0.250. The molecule has 0 radical (unpaired) electrons. The van der Waals surface area contributed by atoms with Crippen molar-refractivity contribution in [3.05, 3.63) is 17.7 Å². The molecule has 10 heteroatoms. The highest BCUT2D eigenvalue weighted by molar-refractivity contribution is 7.19. The molecule has 0 spiro atoms. The van der Waals surface area contributed by atoms with Crippen LogP contribution in [0.2, 0.25) is 0 Å². The highest BCUT2D eigenvalue weighted by Gasteiger charge is 2.38. The number of nitrogens with zero attached hydrogens (tertiary/aromatic N) is 5. The van der Waals surface area contributed by atoms with E-state index in [-0.39, 0.29) is 4.96 Å². The van der Waals surface area contributed by atoms with Crippen molar-refractivity contribution in [2.75, 3.05) is 0 Å². The van der Waals surface area contributed by atoms with E-state index in [0.717, 1.165) is 11.3 Å². The summed E-state index contributed by atoms with van der Waals surface area (Å²) in [6.07, 6.45) is -4.59. The topological polar surface area (TPSA) is 69.1 Å². The number of aryl methyl sites for hydroxylation is 1. The summed E-state index contributed by atoms with van der Waals surface area (Å²) in [5.41, 5.74) is 0.371. The average molecular weight is 275 g/mol. The lowest BCUT2D eigenvalue weighted by molar-refractivity contribution is -0.146. The second-order valence-electron chi connectivity index (χ2n) is 3.45. The number of fused-ring (bicyclic) bond motifs is 1. The Morgan fingerprint density at radius 3 is 2.72 bits per heavy atom. The summed E-state index contributed by atoms with van der Waals surface area (Å²) >= 11 is 0.956. The van der Waals surface area contributed by atoms with Crippen LogP contribution in [-0.2, 0) is 6.18 Å². The molecule has 3 rings (SSSR count). The summed E-state index contributed by atoms with van der Waals surface area (Å²) in [5, 5.41) is 14.3. The Labute approximate surface area is 101 Å². The Bertz CT molecular complexity index is 712. The Kier molecular flexibility index (Phi) is 2.17. The third-order valence-electron chi connectivity index (χ3n) is 2.09. The van der Waals surface area contributed by atoms with Gasteiger partial charge in [-0.3, -0.25) is 0 Å². The molecule has 0 amide bonds. The second kappa shape index (κ2) is 3.51. The average Bonchev–Trinajstić information content (AvgIpc) is 2.87. The van der Waals surface area contributed by atoms with E-state index >= 15 is 0 Å². The van der Waals surface area contributed by atoms with Gasteiger partial charge in [-0.15, -0.1) is 10.2 Å². The van der Waals surface area contributed by atoms with Gasteiger partial charge in [-0.1, -0.05) is 16.5 Å². The van der Waals surface area contributed by atoms with Crippen LogP contribution < -0.4 is 0 Å². The van der Waals surface area contributed by atoms with Crippen LogP contribution in [0.3, 0.4) is 0 Å². The number of hydrogen-bond donors (Lipinski definition) is 0. The molecular weight excluding hydrogens is 271 g/mol.